The number of likely N-dealkylation sites (tertiary alicyclic amines) is 1. The lowest BCUT2D eigenvalue weighted by Crippen LogP contribution is -2.36. The van der Waals surface area contributed by atoms with Crippen LogP contribution in [0.2, 0.25) is 0 Å². The Morgan fingerprint density at radius 2 is 2.17 bits per heavy atom. The van der Waals surface area contributed by atoms with E-state index in [9.17, 15) is 5.11 Å². The molecule has 1 saturated carbocycles. The van der Waals surface area contributed by atoms with Crippen LogP contribution >= 0.6 is 0 Å². The van der Waals surface area contributed by atoms with Crippen LogP contribution in [0.1, 0.15) is 37.3 Å². The second-order valence-electron chi connectivity index (χ2n) is 6.35. The third-order valence-corrected chi connectivity index (χ3v) is 4.35. The van der Waals surface area contributed by atoms with Crippen LogP contribution in [0.15, 0.2) is 24.3 Å². The molecule has 2 aliphatic rings. The Morgan fingerprint density at radius 3 is 2.83 bits per heavy atom. The van der Waals surface area contributed by atoms with Crippen LogP contribution in [-0.4, -0.2) is 34.2 Å². The standard InChI is InChI=1S/C16H23NO/c1-12-4-3-5-14(8-12)10-16(18)9-13(2)17(11-16)15-6-7-15/h3-5,8,13,15,18H,6-7,9-11H2,1-2H3. The van der Waals surface area contributed by atoms with Crippen molar-refractivity contribution in [2.24, 2.45) is 0 Å². The van der Waals surface area contributed by atoms with Gasteiger partial charge in [-0.15, -0.1) is 0 Å². The van der Waals surface area contributed by atoms with Gasteiger partial charge in [0.1, 0.15) is 0 Å². The summed E-state index contributed by atoms with van der Waals surface area (Å²) >= 11 is 0. The first kappa shape index (κ1) is 12.2. The highest BCUT2D eigenvalue weighted by Gasteiger charge is 2.45. The van der Waals surface area contributed by atoms with Gasteiger partial charge in [-0.1, -0.05) is 29.8 Å². The predicted molar refractivity (Wildman–Crippen MR) is 73.6 cm³/mol. The molecule has 2 nitrogen and oxygen atoms in total. The number of rotatable bonds is 3. The Bertz CT molecular complexity index is 440. The van der Waals surface area contributed by atoms with Crippen LogP contribution in [0.3, 0.4) is 0 Å². The van der Waals surface area contributed by atoms with E-state index in [1.807, 2.05) is 0 Å². The minimum Gasteiger partial charge on any atom is -0.388 e. The molecule has 2 fully saturated rings. The maximum atomic E-state index is 10.8. The van der Waals surface area contributed by atoms with Crippen molar-refractivity contribution in [2.75, 3.05) is 6.54 Å². The van der Waals surface area contributed by atoms with Crippen LogP contribution in [-0.2, 0) is 6.42 Å². The molecule has 0 radical (unpaired) electrons. The summed E-state index contributed by atoms with van der Waals surface area (Å²) in [5.41, 5.74) is 2.03. The lowest BCUT2D eigenvalue weighted by atomic mass is 9.91. The molecular weight excluding hydrogens is 222 g/mol. The van der Waals surface area contributed by atoms with E-state index in [0.717, 1.165) is 25.4 Å². The van der Waals surface area contributed by atoms with Crippen molar-refractivity contribution in [2.45, 2.75) is 57.2 Å². The predicted octanol–water partition coefficient (Wildman–Crippen LogP) is 2.53. The number of aryl methyl sites for hydroxylation is 1. The van der Waals surface area contributed by atoms with Crippen molar-refractivity contribution in [1.82, 2.24) is 4.90 Å². The summed E-state index contributed by atoms with van der Waals surface area (Å²) < 4.78 is 0. The highest BCUT2D eigenvalue weighted by molar-refractivity contribution is 5.24. The van der Waals surface area contributed by atoms with E-state index in [-0.39, 0.29) is 0 Å². The minimum absolute atomic E-state index is 0.518. The van der Waals surface area contributed by atoms with E-state index in [0.29, 0.717) is 6.04 Å². The maximum Gasteiger partial charge on any atom is 0.0829 e. The molecule has 2 unspecified atom stereocenters. The van der Waals surface area contributed by atoms with Gasteiger partial charge in [-0.3, -0.25) is 4.90 Å². The lowest BCUT2D eigenvalue weighted by Gasteiger charge is -2.24. The van der Waals surface area contributed by atoms with E-state index in [1.54, 1.807) is 0 Å². The van der Waals surface area contributed by atoms with Crippen molar-refractivity contribution in [3.05, 3.63) is 35.4 Å². The zero-order valence-corrected chi connectivity index (χ0v) is 11.4. The van der Waals surface area contributed by atoms with Crippen molar-refractivity contribution in [3.63, 3.8) is 0 Å². The summed E-state index contributed by atoms with van der Waals surface area (Å²) in [6.45, 7) is 5.22. The molecule has 3 rings (SSSR count). The third-order valence-electron chi connectivity index (χ3n) is 4.35. The number of hydrogen-bond acceptors (Lipinski definition) is 2. The van der Waals surface area contributed by atoms with Crippen LogP contribution < -0.4 is 0 Å². The van der Waals surface area contributed by atoms with E-state index in [1.165, 1.54) is 24.0 Å². The molecule has 1 aliphatic heterocycles. The highest BCUT2D eigenvalue weighted by Crippen LogP contribution is 2.38. The van der Waals surface area contributed by atoms with Crippen LogP contribution in [0.25, 0.3) is 0 Å². The summed E-state index contributed by atoms with van der Waals surface area (Å²) in [6.07, 6.45) is 4.36. The van der Waals surface area contributed by atoms with Gasteiger partial charge < -0.3 is 5.11 Å². The number of benzene rings is 1. The van der Waals surface area contributed by atoms with Gasteiger partial charge in [0.05, 0.1) is 5.60 Å². The number of aliphatic hydroxyl groups is 1. The topological polar surface area (TPSA) is 23.5 Å². The quantitative estimate of drug-likeness (QED) is 0.884. The molecule has 0 bridgehead atoms. The third kappa shape index (κ3) is 2.45. The van der Waals surface area contributed by atoms with Gasteiger partial charge in [-0.05, 0) is 38.7 Å². The Hall–Kier alpha value is -0.860. The second-order valence-corrected chi connectivity index (χ2v) is 6.35. The first-order valence-electron chi connectivity index (χ1n) is 7.09. The molecule has 0 aromatic heterocycles. The van der Waals surface area contributed by atoms with Crippen molar-refractivity contribution >= 4 is 0 Å². The fraction of sp³-hybridized carbons (Fsp3) is 0.625. The highest BCUT2D eigenvalue weighted by atomic mass is 16.3. The molecule has 0 spiro atoms. The molecule has 1 aromatic rings. The summed E-state index contributed by atoms with van der Waals surface area (Å²) in [4.78, 5) is 2.51. The SMILES string of the molecule is Cc1cccc(CC2(O)CC(C)N(C3CC3)C2)c1. The maximum absolute atomic E-state index is 10.8. The first-order chi connectivity index (χ1) is 8.56. The molecule has 1 N–H and O–H groups in total. The zero-order valence-electron chi connectivity index (χ0n) is 11.4. The average molecular weight is 245 g/mol. The van der Waals surface area contributed by atoms with Crippen LogP contribution in [0, 0.1) is 6.92 Å². The minimum atomic E-state index is -0.518. The molecule has 2 heteroatoms. The van der Waals surface area contributed by atoms with Gasteiger partial charge in [0.25, 0.3) is 0 Å². The Morgan fingerprint density at radius 1 is 1.39 bits per heavy atom. The summed E-state index contributed by atoms with van der Waals surface area (Å²) in [5.74, 6) is 0. The van der Waals surface area contributed by atoms with Crippen LogP contribution in [0.4, 0.5) is 0 Å². The van der Waals surface area contributed by atoms with Gasteiger partial charge >= 0.3 is 0 Å². The molecule has 1 aromatic carbocycles. The van der Waals surface area contributed by atoms with Gasteiger partial charge in [0, 0.05) is 25.0 Å². The second kappa shape index (κ2) is 4.36. The summed E-state index contributed by atoms with van der Waals surface area (Å²) in [6, 6.07) is 9.82. The normalized spacial score (nSPS) is 32.9. The largest absolute Gasteiger partial charge is 0.388 e. The Labute approximate surface area is 110 Å². The van der Waals surface area contributed by atoms with Crippen molar-refractivity contribution in [3.8, 4) is 0 Å². The van der Waals surface area contributed by atoms with Crippen molar-refractivity contribution in [1.29, 1.82) is 0 Å². The zero-order chi connectivity index (χ0) is 12.8. The van der Waals surface area contributed by atoms with E-state index in [2.05, 4.69) is 43.0 Å². The first-order valence-corrected chi connectivity index (χ1v) is 7.09. The van der Waals surface area contributed by atoms with E-state index in [4.69, 9.17) is 0 Å². The number of hydrogen-bond donors (Lipinski definition) is 1. The Balaban J connectivity index is 1.72. The molecular formula is C16H23NO. The van der Waals surface area contributed by atoms with Gasteiger partial charge in [-0.2, -0.15) is 0 Å². The fourth-order valence-corrected chi connectivity index (χ4v) is 3.45. The van der Waals surface area contributed by atoms with E-state index >= 15 is 0 Å². The van der Waals surface area contributed by atoms with Gasteiger partial charge in [0.2, 0.25) is 0 Å². The summed E-state index contributed by atoms with van der Waals surface area (Å²) in [5, 5.41) is 10.8. The van der Waals surface area contributed by atoms with E-state index < -0.39 is 5.60 Å². The molecule has 18 heavy (non-hydrogen) atoms. The molecule has 98 valence electrons. The smallest absolute Gasteiger partial charge is 0.0829 e. The van der Waals surface area contributed by atoms with Crippen molar-refractivity contribution < 1.29 is 5.11 Å². The molecule has 1 aliphatic carbocycles. The fourth-order valence-electron chi connectivity index (χ4n) is 3.45. The van der Waals surface area contributed by atoms with Gasteiger partial charge in [-0.25, -0.2) is 0 Å². The summed E-state index contributed by atoms with van der Waals surface area (Å²) in [7, 11) is 0. The Kier molecular flexibility index (Phi) is 2.95. The van der Waals surface area contributed by atoms with Crippen LogP contribution in [0.5, 0.6) is 0 Å². The lowest BCUT2D eigenvalue weighted by molar-refractivity contribution is 0.0487. The average Bonchev–Trinajstić information content (AvgIpc) is 3.05. The monoisotopic (exact) mass is 245 g/mol. The number of nitrogens with zero attached hydrogens (tertiary/aromatic N) is 1. The van der Waals surface area contributed by atoms with Gasteiger partial charge in [0.15, 0.2) is 0 Å². The molecule has 2 atom stereocenters. The number of β-amino-alcohol motifs (C(OH)–C–C–N with tert-alkyl or cyclic N) is 1. The molecule has 1 saturated heterocycles. The molecule has 1 heterocycles. The molecule has 0 amide bonds.